The molecule has 0 saturated heterocycles. The molecule has 2 aromatic heterocycles. The maximum absolute atomic E-state index is 13.2. The second-order valence-corrected chi connectivity index (χ2v) is 6.76. The fourth-order valence-electron chi connectivity index (χ4n) is 3.47. The highest BCUT2D eigenvalue weighted by Crippen LogP contribution is 2.31. The van der Waals surface area contributed by atoms with Gasteiger partial charge < -0.3 is 9.67 Å². The zero-order valence-corrected chi connectivity index (χ0v) is 15.5. The number of fused-ring (bicyclic) bond motifs is 1. The van der Waals surface area contributed by atoms with Crippen molar-refractivity contribution in [3.05, 3.63) is 77.9 Å². The second-order valence-electron chi connectivity index (χ2n) is 6.76. The van der Waals surface area contributed by atoms with Gasteiger partial charge in [0.1, 0.15) is 11.5 Å². The van der Waals surface area contributed by atoms with Crippen molar-refractivity contribution in [1.29, 1.82) is 0 Å². The number of hydrogen-bond donors (Lipinski definition) is 1. The number of aromatic nitrogens is 3. The quantitative estimate of drug-likeness (QED) is 0.525. The molecule has 0 spiro atoms. The first kappa shape index (κ1) is 18.0. The van der Waals surface area contributed by atoms with E-state index in [0.29, 0.717) is 18.8 Å². The summed E-state index contributed by atoms with van der Waals surface area (Å²) >= 11 is 0. The van der Waals surface area contributed by atoms with Crippen molar-refractivity contribution in [1.82, 2.24) is 14.3 Å². The number of aromatic carboxylic acids is 1. The average Bonchev–Trinajstić information content (AvgIpc) is 3.26. The van der Waals surface area contributed by atoms with Crippen LogP contribution in [0.25, 0.3) is 22.2 Å². The molecule has 0 aliphatic rings. The molecule has 1 N–H and O–H groups in total. The fraction of sp³-hybridized carbons (Fsp3) is 0.182. The van der Waals surface area contributed by atoms with Crippen molar-refractivity contribution >= 4 is 16.9 Å². The van der Waals surface area contributed by atoms with Gasteiger partial charge in [-0.15, -0.1) is 0 Å². The van der Waals surface area contributed by atoms with E-state index in [1.165, 1.54) is 12.1 Å². The smallest absolute Gasteiger partial charge is 0.354 e. The predicted molar refractivity (Wildman–Crippen MR) is 106 cm³/mol. The summed E-state index contributed by atoms with van der Waals surface area (Å²) in [5.74, 6) is -1.24. The summed E-state index contributed by atoms with van der Waals surface area (Å²) < 4.78 is 16.8. The van der Waals surface area contributed by atoms with E-state index >= 15 is 0 Å². The fourth-order valence-corrected chi connectivity index (χ4v) is 3.47. The van der Waals surface area contributed by atoms with Crippen molar-refractivity contribution in [3.63, 3.8) is 0 Å². The van der Waals surface area contributed by atoms with Crippen LogP contribution in [0.1, 0.15) is 29.4 Å². The molecule has 6 heteroatoms. The normalized spacial score (nSPS) is 11.2. The molecule has 0 saturated carbocycles. The third-order valence-electron chi connectivity index (χ3n) is 4.77. The van der Waals surface area contributed by atoms with Crippen LogP contribution in [0.3, 0.4) is 0 Å². The molecule has 0 fully saturated rings. The summed E-state index contributed by atoms with van der Waals surface area (Å²) in [6.45, 7) is 3.12. The van der Waals surface area contributed by atoms with Gasteiger partial charge in [-0.2, -0.15) is 5.10 Å². The maximum atomic E-state index is 13.2. The number of rotatable bonds is 6. The van der Waals surface area contributed by atoms with Crippen LogP contribution in [0.15, 0.2) is 60.8 Å². The number of para-hydroxylation sites is 1. The largest absolute Gasteiger partial charge is 0.477 e. The lowest BCUT2D eigenvalue weighted by molar-refractivity contribution is 0.0683. The molecule has 28 heavy (non-hydrogen) atoms. The molecule has 4 rings (SSSR count). The Morgan fingerprint density at radius 3 is 2.61 bits per heavy atom. The first-order chi connectivity index (χ1) is 13.6. The number of benzene rings is 2. The van der Waals surface area contributed by atoms with Gasteiger partial charge in [-0.25, -0.2) is 9.18 Å². The number of carboxylic acids is 1. The number of hydrogen-bond acceptors (Lipinski definition) is 2. The van der Waals surface area contributed by atoms with E-state index < -0.39 is 5.97 Å². The van der Waals surface area contributed by atoms with Crippen LogP contribution in [0.4, 0.5) is 4.39 Å². The van der Waals surface area contributed by atoms with Gasteiger partial charge in [-0.05, 0) is 36.2 Å². The van der Waals surface area contributed by atoms with Crippen LogP contribution < -0.4 is 0 Å². The van der Waals surface area contributed by atoms with Gasteiger partial charge in [0.15, 0.2) is 0 Å². The Morgan fingerprint density at radius 1 is 1.14 bits per heavy atom. The van der Waals surface area contributed by atoms with Crippen LogP contribution in [-0.2, 0) is 13.1 Å². The Kier molecular flexibility index (Phi) is 4.69. The number of aryl methyl sites for hydroxylation is 1. The Hall–Kier alpha value is -3.41. The highest BCUT2D eigenvalue weighted by Gasteiger charge is 2.18. The lowest BCUT2D eigenvalue weighted by atomic mass is 10.1. The zero-order valence-electron chi connectivity index (χ0n) is 15.5. The van der Waals surface area contributed by atoms with Gasteiger partial charge in [0.25, 0.3) is 0 Å². The van der Waals surface area contributed by atoms with E-state index in [4.69, 9.17) is 0 Å². The minimum atomic E-state index is -0.984. The summed E-state index contributed by atoms with van der Waals surface area (Å²) in [6.07, 6.45) is 2.78. The summed E-state index contributed by atoms with van der Waals surface area (Å²) in [4.78, 5) is 11.6. The Morgan fingerprint density at radius 2 is 1.89 bits per heavy atom. The molecule has 5 nitrogen and oxygen atoms in total. The molecule has 0 unspecified atom stereocenters. The van der Waals surface area contributed by atoms with Gasteiger partial charge in [0, 0.05) is 35.8 Å². The molecular formula is C22H20FN3O2. The van der Waals surface area contributed by atoms with Gasteiger partial charge in [-0.3, -0.25) is 4.68 Å². The minimum absolute atomic E-state index is 0.187. The van der Waals surface area contributed by atoms with Gasteiger partial charge in [0.05, 0.1) is 5.69 Å². The Labute approximate surface area is 161 Å². The van der Waals surface area contributed by atoms with Crippen molar-refractivity contribution in [2.24, 2.45) is 0 Å². The maximum Gasteiger partial charge on any atom is 0.354 e. The molecule has 0 amide bonds. The van der Waals surface area contributed by atoms with Crippen molar-refractivity contribution in [2.75, 3.05) is 0 Å². The molecule has 2 aromatic carbocycles. The Bertz CT molecular complexity index is 1140. The number of carbonyl (C=O) groups is 1. The minimum Gasteiger partial charge on any atom is -0.477 e. The number of halogens is 1. The standard InChI is InChI=1S/C22H20FN3O2/c1-2-11-26-21(22(27)28)12-19(24-26)18-14-25(20-6-4-3-5-17(18)20)13-15-7-9-16(23)10-8-15/h3-10,12,14H,2,11,13H2,1H3,(H,27,28). The third-order valence-corrected chi connectivity index (χ3v) is 4.77. The molecule has 0 atom stereocenters. The molecule has 2 heterocycles. The third kappa shape index (κ3) is 3.29. The SMILES string of the molecule is CCCn1nc(-c2cn(Cc3ccc(F)cc3)c3ccccc23)cc1C(=O)O. The van der Waals surface area contributed by atoms with Crippen molar-refractivity contribution in [2.45, 2.75) is 26.4 Å². The zero-order chi connectivity index (χ0) is 19.7. The Balaban J connectivity index is 1.81. The molecule has 0 aliphatic carbocycles. The summed E-state index contributed by atoms with van der Waals surface area (Å²) in [6, 6.07) is 16.0. The van der Waals surface area contributed by atoms with Crippen LogP contribution >= 0.6 is 0 Å². The topological polar surface area (TPSA) is 60.0 Å². The molecule has 4 aromatic rings. The van der Waals surface area contributed by atoms with E-state index in [1.807, 2.05) is 37.4 Å². The van der Waals surface area contributed by atoms with Crippen LogP contribution in [0.5, 0.6) is 0 Å². The molecule has 0 aliphatic heterocycles. The lowest BCUT2D eigenvalue weighted by Crippen LogP contribution is -2.09. The van der Waals surface area contributed by atoms with Gasteiger partial charge in [0.2, 0.25) is 0 Å². The van der Waals surface area contributed by atoms with E-state index in [0.717, 1.165) is 28.5 Å². The number of nitrogens with zero attached hydrogens (tertiary/aromatic N) is 3. The van der Waals surface area contributed by atoms with Crippen LogP contribution in [0.2, 0.25) is 0 Å². The highest BCUT2D eigenvalue weighted by atomic mass is 19.1. The van der Waals surface area contributed by atoms with Crippen LogP contribution in [0, 0.1) is 5.82 Å². The number of carboxylic acid groups (broad SMARTS) is 1. The monoisotopic (exact) mass is 377 g/mol. The van der Waals surface area contributed by atoms with E-state index in [2.05, 4.69) is 9.67 Å². The summed E-state index contributed by atoms with van der Waals surface area (Å²) in [5, 5.41) is 15.0. The molecular weight excluding hydrogens is 357 g/mol. The lowest BCUT2D eigenvalue weighted by Gasteiger charge is -2.05. The van der Waals surface area contributed by atoms with E-state index in [1.54, 1.807) is 22.9 Å². The summed E-state index contributed by atoms with van der Waals surface area (Å²) in [5.41, 5.74) is 3.71. The average molecular weight is 377 g/mol. The van der Waals surface area contributed by atoms with E-state index in [9.17, 15) is 14.3 Å². The highest BCUT2D eigenvalue weighted by molar-refractivity contribution is 5.96. The van der Waals surface area contributed by atoms with Crippen molar-refractivity contribution in [3.8, 4) is 11.3 Å². The summed E-state index contributed by atoms with van der Waals surface area (Å²) in [7, 11) is 0. The van der Waals surface area contributed by atoms with E-state index in [-0.39, 0.29) is 11.5 Å². The predicted octanol–water partition coefficient (Wildman–Crippen LogP) is 4.80. The van der Waals surface area contributed by atoms with Gasteiger partial charge >= 0.3 is 5.97 Å². The first-order valence-electron chi connectivity index (χ1n) is 9.20. The van der Waals surface area contributed by atoms with Gasteiger partial charge in [-0.1, -0.05) is 37.3 Å². The first-order valence-corrected chi connectivity index (χ1v) is 9.20. The van der Waals surface area contributed by atoms with Crippen molar-refractivity contribution < 1.29 is 14.3 Å². The van der Waals surface area contributed by atoms with Crippen LogP contribution in [-0.4, -0.2) is 25.4 Å². The molecule has 142 valence electrons. The second kappa shape index (κ2) is 7.31. The molecule has 0 bridgehead atoms. The molecule has 0 radical (unpaired) electrons.